The van der Waals surface area contributed by atoms with Gasteiger partial charge in [-0.1, -0.05) is 36.3 Å². The Balaban J connectivity index is 1.68. The van der Waals surface area contributed by atoms with Crippen molar-refractivity contribution in [3.05, 3.63) is 88.3 Å². The molecule has 0 saturated carbocycles. The van der Waals surface area contributed by atoms with E-state index in [1.54, 1.807) is 6.92 Å². The van der Waals surface area contributed by atoms with Crippen LogP contribution in [0.5, 0.6) is 0 Å². The molecular formula is C24H27F2N3O3. The van der Waals surface area contributed by atoms with E-state index in [4.69, 9.17) is 4.52 Å². The van der Waals surface area contributed by atoms with Crippen molar-refractivity contribution in [2.75, 3.05) is 6.54 Å². The lowest BCUT2D eigenvalue weighted by molar-refractivity contribution is 0.0821. The molecule has 0 spiro atoms. The molecule has 6 nitrogen and oxygen atoms in total. The number of carbonyl (C=O) groups is 1. The first-order chi connectivity index (χ1) is 15.3. The van der Waals surface area contributed by atoms with Crippen LogP contribution in [0.2, 0.25) is 0 Å². The normalized spacial score (nSPS) is 13.0. The number of halogens is 2. The van der Waals surface area contributed by atoms with E-state index >= 15 is 0 Å². The first-order valence-corrected chi connectivity index (χ1v) is 10.5. The van der Waals surface area contributed by atoms with Gasteiger partial charge in [-0.3, -0.25) is 4.79 Å². The van der Waals surface area contributed by atoms with E-state index in [0.29, 0.717) is 17.9 Å². The summed E-state index contributed by atoms with van der Waals surface area (Å²) in [5.74, 6) is -1.52. The molecule has 2 atom stereocenters. The van der Waals surface area contributed by atoms with Crippen LogP contribution in [-0.4, -0.2) is 34.9 Å². The molecule has 0 fully saturated rings. The molecule has 0 bridgehead atoms. The molecule has 1 aromatic heterocycles. The van der Waals surface area contributed by atoms with E-state index in [0.717, 1.165) is 18.1 Å². The SMILES string of the molecule is CCc1cccc(CNC[C@@H](O)[C@H](Cc2cc(F)cc(F)c2)NC(=O)c2cc(C)on2)c1. The Morgan fingerprint density at radius 3 is 2.47 bits per heavy atom. The fraction of sp³-hybridized carbons (Fsp3) is 0.333. The van der Waals surface area contributed by atoms with Crippen LogP contribution in [0, 0.1) is 18.6 Å². The molecule has 1 heterocycles. The van der Waals surface area contributed by atoms with Gasteiger partial charge in [0.1, 0.15) is 17.4 Å². The number of nitrogens with one attached hydrogen (secondary N) is 2. The Morgan fingerprint density at radius 2 is 1.81 bits per heavy atom. The topological polar surface area (TPSA) is 87.4 Å². The highest BCUT2D eigenvalue weighted by molar-refractivity contribution is 5.92. The van der Waals surface area contributed by atoms with Crippen LogP contribution >= 0.6 is 0 Å². The first-order valence-electron chi connectivity index (χ1n) is 10.5. The summed E-state index contributed by atoms with van der Waals surface area (Å²) >= 11 is 0. The van der Waals surface area contributed by atoms with Gasteiger partial charge in [-0.15, -0.1) is 0 Å². The zero-order valence-corrected chi connectivity index (χ0v) is 18.1. The monoisotopic (exact) mass is 443 g/mol. The zero-order chi connectivity index (χ0) is 23.1. The maximum Gasteiger partial charge on any atom is 0.273 e. The number of aliphatic hydroxyl groups is 1. The van der Waals surface area contributed by atoms with E-state index in [1.165, 1.54) is 23.8 Å². The quantitative estimate of drug-likeness (QED) is 0.448. The Bertz CT molecular complexity index is 1030. The minimum absolute atomic E-state index is 0.0332. The summed E-state index contributed by atoms with van der Waals surface area (Å²) in [6.45, 7) is 4.43. The van der Waals surface area contributed by atoms with E-state index in [-0.39, 0.29) is 18.7 Å². The third kappa shape index (κ3) is 6.70. The fourth-order valence-electron chi connectivity index (χ4n) is 3.45. The van der Waals surface area contributed by atoms with Crippen LogP contribution in [-0.2, 0) is 19.4 Å². The molecule has 3 N–H and O–H groups in total. The van der Waals surface area contributed by atoms with Crippen molar-refractivity contribution in [2.45, 2.75) is 45.4 Å². The fourth-order valence-corrected chi connectivity index (χ4v) is 3.45. The van der Waals surface area contributed by atoms with Crippen molar-refractivity contribution in [1.82, 2.24) is 15.8 Å². The average molecular weight is 443 g/mol. The summed E-state index contributed by atoms with van der Waals surface area (Å²) in [4.78, 5) is 12.5. The van der Waals surface area contributed by atoms with Gasteiger partial charge in [-0.25, -0.2) is 8.78 Å². The van der Waals surface area contributed by atoms with Crippen molar-refractivity contribution < 1.29 is 23.2 Å². The van der Waals surface area contributed by atoms with Gasteiger partial charge in [0, 0.05) is 25.2 Å². The number of aryl methyl sites for hydroxylation is 2. The predicted molar refractivity (Wildman–Crippen MR) is 116 cm³/mol. The minimum Gasteiger partial charge on any atom is -0.390 e. The molecule has 32 heavy (non-hydrogen) atoms. The average Bonchev–Trinajstić information content (AvgIpc) is 3.19. The molecule has 0 unspecified atom stereocenters. The molecule has 1 amide bonds. The number of aromatic nitrogens is 1. The van der Waals surface area contributed by atoms with Crippen molar-refractivity contribution >= 4 is 5.91 Å². The van der Waals surface area contributed by atoms with Gasteiger partial charge in [-0.05, 0) is 48.6 Å². The minimum atomic E-state index is -1.02. The Morgan fingerprint density at radius 1 is 1.09 bits per heavy atom. The van der Waals surface area contributed by atoms with Gasteiger partial charge in [0.25, 0.3) is 5.91 Å². The lowest BCUT2D eigenvalue weighted by Crippen LogP contribution is -2.48. The summed E-state index contributed by atoms with van der Waals surface area (Å²) in [5.41, 5.74) is 2.67. The molecular weight excluding hydrogens is 416 g/mol. The maximum absolute atomic E-state index is 13.6. The van der Waals surface area contributed by atoms with Gasteiger partial charge in [0.05, 0.1) is 12.1 Å². The molecule has 8 heteroatoms. The lowest BCUT2D eigenvalue weighted by Gasteiger charge is -2.24. The van der Waals surface area contributed by atoms with E-state index < -0.39 is 29.7 Å². The number of benzene rings is 2. The van der Waals surface area contributed by atoms with Crippen LogP contribution in [0.4, 0.5) is 8.78 Å². The highest BCUT2D eigenvalue weighted by Gasteiger charge is 2.24. The van der Waals surface area contributed by atoms with Crippen LogP contribution in [0.3, 0.4) is 0 Å². The number of nitrogens with zero attached hydrogens (tertiary/aromatic N) is 1. The van der Waals surface area contributed by atoms with Crippen LogP contribution < -0.4 is 10.6 Å². The summed E-state index contributed by atoms with van der Waals surface area (Å²) in [7, 11) is 0. The smallest absolute Gasteiger partial charge is 0.273 e. The highest BCUT2D eigenvalue weighted by atomic mass is 19.1. The van der Waals surface area contributed by atoms with E-state index in [9.17, 15) is 18.7 Å². The second kappa shape index (κ2) is 11.0. The highest BCUT2D eigenvalue weighted by Crippen LogP contribution is 2.13. The van der Waals surface area contributed by atoms with Gasteiger partial charge in [0.15, 0.2) is 5.69 Å². The Hall–Kier alpha value is -3.10. The van der Waals surface area contributed by atoms with Gasteiger partial charge >= 0.3 is 0 Å². The number of rotatable bonds is 10. The molecule has 3 rings (SSSR count). The molecule has 0 aliphatic rings. The molecule has 3 aromatic rings. The third-order valence-electron chi connectivity index (χ3n) is 5.10. The number of hydrogen-bond acceptors (Lipinski definition) is 5. The van der Waals surface area contributed by atoms with Gasteiger partial charge in [0.2, 0.25) is 0 Å². The zero-order valence-electron chi connectivity index (χ0n) is 18.1. The van der Waals surface area contributed by atoms with Crippen LogP contribution in [0.25, 0.3) is 0 Å². The molecule has 0 saturated heterocycles. The van der Waals surface area contributed by atoms with Crippen LogP contribution in [0.15, 0.2) is 53.1 Å². The summed E-state index contributed by atoms with van der Waals surface area (Å²) in [6.07, 6.45) is -0.0607. The Labute approximate surface area is 185 Å². The van der Waals surface area contributed by atoms with Crippen LogP contribution in [0.1, 0.15) is 39.9 Å². The number of aliphatic hydroxyl groups excluding tert-OH is 1. The van der Waals surface area contributed by atoms with Crippen molar-refractivity contribution in [3.8, 4) is 0 Å². The lowest BCUT2D eigenvalue weighted by atomic mass is 10.00. The summed E-state index contributed by atoms with van der Waals surface area (Å²) in [6, 6.07) is 11.9. The standard InChI is InChI=1S/C24H27F2N3O3/c1-3-16-5-4-6-17(8-16)13-27-14-23(30)21(11-18-9-19(25)12-20(26)10-18)28-24(31)22-7-15(2)32-29-22/h4-10,12,21,23,27,30H,3,11,13-14H2,1-2H3,(H,28,31)/t21-,23+/m0/s1. The van der Waals surface area contributed by atoms with Gasteiger partial charge in [-0.2, -0.15) is 0 Å². The Kier molecular flexibility index (Phi) is 8.08. The van der Waals surface area contributed by atoms with Crippen molar-refractivity contribution in [3.63, 3.8) is 0 Å². The third-order valence-corrected chi connectivity index (χ3v) is 5.10. The summed E-state index contributed by atoms with van der Waals surface area (Å²) < 4.78 is 32.2. The van der Waals surface area contributed by atoms with Crippen molar-refractivity contribution in [1.29, 1.82) is 0 Å². The molecule has 0 radical (unpaired) electrons. The van der Waals surface area contributed by atoms with Gasteiger partial charge < -0.3 is 20.3 Å². The molecule has 0 aliphatic heterocycles. The molecule has 0 aliphatic carbocycles. The molecule has 170 valence electrons. The number of hydrogen-bond donors (Lipinski definition) is 3. The predicted octanol–water partition coefficient (Wildman–Crippen LogP) is 3.32. The van der Waals surface area contributed by atoms with E-state index in [2.05, 4.69) is 28.8 Å². The molecule has 2 aromatic carbocycles. The van der Waals surface area contributed by atoms with Crippen molar-refractivity contribution in [2.24, 2.45) is 0 Å². The second-order valence-electron chi connectivity index (χ2n) is 7.76. The summed E-state index contributed by atoms with van der Waals surface area (Å²) in [5, 5.41) is 20.3. The largest absolute Gasteiger partial charge is 0.390 e. The second-order valence-corrected chi connectivity index (χ2v) is 7.76. The van der Waals surface area contributed by atoms with E-state index in [1.807, 2.05) is 18.2 Å². The maximum atomic E-state index is 13.6. The first kappa shape index (κ1) is 23.6. The number of amides is 1. The number of carbonyl (C=O) groups excluding carboxylic acids is 1.